The molecule has 106 valence electrons. The lowest BCUT2D eigenvalue weighted by molar-refractivity contribution is 0.241. The predicted molar refractivity (Wildman–Crippen MR) is 87.0 cm³/mol. The Labute approximate surface area is 132 Å². The Kier molecular flexibility index (Phi) is 6.05. The molecule has 0 aromatic heterocycles. The zero-order valence-corrected chi connectivity index (χ0v) is 13.4. The monoisotopic (exact) mass is 353 g/mol. The average molecular weight is 355 g/mol. The van der Waals surface area contributed by atoms with Crippen molar-refractivity contribution in [2.75, 3.05) is 6.61 Å². The Morgan fingerprint density at radius 3 is 2.60 bits per heavy atom. The topological polar surface area (TPSA) is 32.3 Å². The van der Waals surface area contributed by atoms with Gasteiger partial charge in [0.15, 0.2) is 0 Å². The van der Waals surface area contributed by atoms with Crippen molar-refractivity contribution in [1.82, 2.24) is 5.32 Å². The molecule has 2 rings (SSSR count). The van der Waals surface area contributed by atoms with E-state index in [1.807, 2.05) is 36.4 Å². The first-order chi connectivity index (χ1) is 9.69. The average Bonchev–Trinajstić information content (AvgIpc) is 2.47. The summed E-state index contributed by atoms with van der Waals surface area (Å²) in [6, 6.07) is 15.9. The molecule has 0 saturated carbocycles. The Balaban J connectivity index is 1.95. The van der Waals surface area contributed by atoms with Gasteiger partial charge in [-0.2, -0.15) is 0 Å². The molecule has 2 aromatic carbocycles. The third kappa shape index (κ3) is 4.60. The molecule has 0 bridgehead atoms. The number of benzene rings is 2. The molecule has 20 heavy (non-hydrogen) atoms. The highest BCUT2D eigenvalue weighted by Crippen LogP contribution is 2.21. The Hall–Kier alpha value is -0.870. The van der Waals surface area contributed by atoms with Gasteiger partial charge in [-0.05, 0) is 35.7 Å². The summed E-state index contributed by atoms with van der Waals surface area (Å²) in [7, 11) is 0. The highest BCUT2D eigenvalue weighted by atomic mass is 79.9. The quantitative estimate of drug-likeness (QED) is 0.827. The molecular weight excluding hydrogens is 338 g/mol. The molecule has 0 aliphatic heterocycles. The number of aliphatic hydroxyl groups is 1. The maximum Gasteiger partial charge on any atom is 0.0587 e. The number of hydrogen-bond acceptors (Lipinski definition) is 2. The van der Waals surface area contributed by atoms with Gasteiger partial charge in [-0.15, -0.1) is 0 Å². The standard InChI is InChI=1S/C16H17BrClNO/c17-14-6-7-16(18)13(9-14)10-19-15(11-20)8-12-4-2-1-3-5-12/h1-7,9,15,19-20H,8,10-11H2/t15-/m1/s1. The number of hydrogen-bond donors (Lipinski definition) is 2. The van der Waals surface area contributed by atoms with Gasteiger partial charge in [0.2, 0.25) is 0 Å². The Morgan fingerprint density at radius 1 is 1.15 bits per heavy atom. The van der Waals surface area contributed by atoms with Crippen molar-refractivity contribution in [3.63, 3.8) is 0 Å². The summed E-state index contributed by atoms with van der Waals surface area (Å²) in [5.41, 5.74) is 2.23. The molecule has 2 aromatic rings. The van der Waals surface area contributed by atoms with Crippen LogP contribution in [-0.2, 0) is 13.0 Å². The van der Waals surface area contributed by atoms with Gasteiger partial charge < -0.3 is 10.4 Å². The summed E-state index contributed by atoms with van der Waals surface area (Å²) in [6.07, 6.45) is 0.795. The molecule has 0 spiro atoms. The fourth-order valence-corrected chi connectivity index (χ4v) is 2.63. The van der Waals surface area contributed by atoms with Crippen LogP contribution in [0.3, 0.4) is 0 Å². The summed E-state index contributed by atoms with van der Waals surface area (Å²) in [4.78, 5) is 0. The highest BCUT2D eigenvalue weighted by Gasteiger charge is 2.09. The second-order valence-corrected chi connectivity index (χ2v) is 6.01. The van der Waals surface area contributed by atoms with Crippen molar-refractivity contribution in [1.29, 1.82) is 0 Å². The maximum atomic E-state index is 9.48. The van der Waals surface area contributed by atoms with Crippen LogP contribution in [-0.4, -0.2) is 17.8 Å². The first-order valence-electron chi connectivity index (χ1n) is 6.51. The van der Waals surface area contributed by atoms with Crippen molar-refractivity contribution in [3.8, 4) is 0 Å². The summed E-state index contributed by atoms with van der Waals surface area (Å²) in [6.45, 7) is 0.733. The van der Waals surface area contributed by atoms with Crippen LogP contribution in [0.5, 0.6) is 0 Å². The number of halogens is 2. The molecule has 0 unspecified atom stereocenters. The Bertz CT molecular complexity index is 547. The van der Waals surface area contributed by atoms with E-state index in [4.69, 9.17) is 11.6 Å². The van der Waals surface area contributed by atoms with E-state index in [0.29, 0.717) is 6.54 Å². The summed E-state index contributed by atoms with van der Waals surface area (Å²) in [5, 5.41) is 13.6. The summed E-state index contributed by atoms with van der Waals surface area (Å²) in [5.74, 6) is 0. The normalized spacial score (nSPS) is 12.3. The third-order valence-corrected chi connectivity index (χ3v) is 4.00. The van der Waals surface area contributed by atoms with Crippen LogP contribution in [0.2, 0.25) is 5.02 Å². The first kappa shape index (κ1) is 15.5. The van der Waals surface area contributed by atoms with Crippen LogP contribution >= 0.6 is 27.5 Å². The van der Waals surface area contributed by atoms with Gasteiger partial charge >= 0.3 is 0 Å². The minimum absolute atomic E-state index is 0.0208. The molecule has 0 saturated heterocycles. The van der Waals surface area contributed by atoms with Gasteiger partial charge in [0.25, 0.3) is 0 Å². The third-order valence-electron chi connectivity index (χ3n) is 3.13. The van der Waals surface area contributed by atoms with Crippen LogP contribution < -0.4 is 5.32 Å². The predicted octanol–water partition coefficient (Wildman–Crippen LogP) is 3.80. The molecule has 1 atom stereocenters. The van der Waals surface area contributed by atoms with Crippen LogP contribution in [0, 0.1) is 0 Å². The molecule has 0 heterocycles. The second-order valence-electron chi connectivity index (χ2n) is 4.69. The minimum atomic E-state index is 0.0208. The molecule has 2 nitrogen and oxygen atoms in total. The first-order valence-corrected chi connectivity index (χ1v) is 7.68. The van der Waals surface area contributed by atoms with Gasteiger partial charge in [0.1, 0.15) is 0 Å². The van der Waals surface area contributed by atoms with Crippen LogP contribution in [0.1, 0.15) is 11.1 Å². The number of nitrogens with one attached hydrogen (secondary N) is 1. The Morgan fingerprint density at radius 2 is 1.90 bits per heavy atom. The molecule has 0 fully saturated rings. The fraction of sp³-hybridized carbons (Fsp3) is 0.250. The lowest BCUT2D eigenvalue weighted by Crippen LogP contribution is -2.34. The highest BCUT2D eigenvalue weighted by molar-refractivity contribution is 9.10. The fourth-order valence-electron chi connectivity index (χ4n) is 2.03. The summed E-state index contributed by atoms with van der Waals surface area (Å²) < 4.78 is 1.00. The second kappa shape index (κ2) is 7.79. The number of aliphatic hydroxyl groups excluding tert-OH is 1. The van der Waals surface area contributed by atoms with Crippen molar-refractivity contribution in [2.24, 2.45) is 0 Å². The number of rotatable bonds is 6. The SMILES string of the molecule is OC[C@@H](Cc1ccccc1)NCc1cc(Br)ccc1Cl. The molecule has 2 N–H and O–H groups in total. The maximum absolute atomic E-state index is 9.48. The van der Waals surface area contributed by atoms with E-state index in [-0.39, 0.29) is 12.6 Å². The molecule has 0 amide bonds. The van der Waals surface area contributed by atoms with Gasteiger partial charge in [-0.3, -0.25) is 0 Å². The van der Waals surface area contributed by atoms with Crippen LogP contribution in [0.25, 0.3) is 0 Å². The van der Waals surface area contributed by atoms with E-state index in [9.17, 15) is 5.11 Å². The van der Waals surface area contributed by atoms with Gasteiger partial charge in [-0.25, -0.2) is 0 Å². The molecule has 0 aliphatic carbocycles. The van der Waals surface area contributed by atoms with E-state index in [1.54, 1.807) is 0 Å². The van der Waals surface area contributed by atoms with Gasteiger partial charge in [-0.1, -0.05) is 57.9 Å². The van der Waals surface area contributed by atoms with E-state index in [1.165, 1.54) is 5.56 Å². The lowest BCUT2D eigenvalue weighted by atomic mass is 10.1. The van der Waals surface area contributed by atoms with E-state index < -0.39 is 0 Å². The minimum Gasteiger partial charge on any atom is -0.395 e. The van der Waals surface area contributed by atoms with E-state index >= 15 is 0 Å². The van der Waals surface area contributed by atoms with Crippen molar-refractivity contribution >= 4 is 27.5 Å². The zero-order valence-electron chi connectivity index (χ0n) is 11.0. The lowest BCUT2D eigenvalue weighted by Gasteiger charge is -2.17. The van der Waals surface area contributed by atoms with E-state index in [2.05, 4.69) is 33.4 Å². The smallest absolute Gasteiger partial charge is 0.0587 e. The van der Waals surface area contributed by atoms with E-state index in [0.717, 1.165) is 21.5 Å². The van der Waals surface area contributed by atoms with Crippen molar-refractivity contribution < 1.29 is 5.11 Å². The largest absolute Gasteiger partial charge is 0.395 e. The van der Waals surface area contributed by atoms with Crippen molar-refractivity contribution in [2.45, 2.75) is 19.0 Å². The van der Waals surface area contributed by atoms with Crippen LogP contribution in [0.4, 0.5) is 0 Å². The molecule has 0 aliphatic rings. The molecule has 0 radical (unpaired) electrons. The zero-order chi connectivity index (χ0) is 14.4. The molecular formula is C16H17BrClNO. The van der Waals surface area contributed by atoms with Crippen molar-refractivity contribution in [3.05, 3.63) is 69.2 Å². The van der Waals surface area contributed by atoms with Crippen LogP contribution in [0.15, 0.2) is 53.0 Å². The van der Waals surface area contributed by atoms with Gasteiger partial charge in [0, 0.05) is 22.1 Å². The van der Waals surface area contributed by atoms with Gasteiger partial charge in [0.05, 0.1) is 6.61 Å². The molecule has 4 heteroatoms. The summed E-state index contributed by atoms with van der Waals surface area (Å²) >= 11 is 9.60.